The lowest BCUT2D eigenvalue weighted by atomic mass is 10.2. The van der Waals surface area contributed by atoms with Gasteiger partial charge in [0.05, 0.1) is 11.1 Å². The van der Waals surface area contributed by atoms with E-state index in [2.05, 4.69) is 5.16 Å². The van der Waals surface area contributed by atoms with Gasteiger partial charge >= 0.3 is 0 Å². The lowest BCUT2D eigenvalue weighted by Crippen LogP contribution is -1.89. The number of oxime groups is 1. The fourth-order valence-corrected chi connectivity index (χ4v) is 0.785. The first-order valence-electron chi connectivity index (χ1n) is 3.16. The smallest absolute Gasteiger partial charge is 0.270 e. The van der Waals surface area contributed by atoms with Gasteiger partial charge in [0.2, 0.25) is 0 Å². The highest BCUT2D eigenvalue weighted by Crippen LogP contribution is 2.11. The van der Waals surface area contributed by atoms with E-state index in [0.717, 1.165) is 6.21 Å². The molecule has 0 amide bonds. The molecule has 62 valence electrons. The normalized spacial score (nSPS) is 10.3. The summed E-state index contributed by atoms with van der Waals surface area (Å²) in [6, 6.07) is 5.82. The van der Waals surface area contributed by atoms with Crippen molar-refractivity contribution in [2.45, 2.75) is 0 Å². The van der Waals surface area contributed by atoms with Gasteiger partial charge < -0.3 is 5.21 Å². The zero-order chi connectivity index (χ0) is 8.97. The minimum atomic E-state index is -0.505. The lowest BCUT2D eigenvalue weighted by Gasteiger charge is -1.91. The van der Waals surface area contributed by atoms with Gasteiger partial charge in [-0.2, -0.15) is 0 Å². The van der Waals surface area contributed by atoms with Gasteiger partial charge in [-0.3, -0.25) is 10.1 Å². The molecule has 1 rings (SSSR count). The SMILES string of the molecule is O=[N+]([O-])c1cccc(/C=N/O)c1. The largest absolute Gasteiger partial charge is 0.411 e. The molecular formula is C7H6N2O3. The van der Waals surface area contributed by atoms with Crippen LogP contribution in [-0.4, -0.2) is 16.3 Å². The van der Waals surface area contributed by atoms with E-state index in [0.29, 0.717) is 5.56 Å². The zero-order valence-electron chi connectivity index (χ0n) is 6.04. The van der Waals surface area contributed by atoms with Crippen LogP contribution >= 0.6 is 0 Å². The average Bonchev–Trinajstić information content (AvgIpc) is 2.05. The Labute approximate surface area is 68.1 Å². The molecule has 0 fully saturated rings. The van der Waals surface area contributed by atoms with Crippen molar-refractivity contribution in [1.82, 2.24) is 0 Å². The highest BCUT2D eigenvalue weighted by Gasteiger charge is 2.03. The van der Waals surface area contributed by atoms with Gasteiger partial charge in [0.1, 0.15) is 0 Å². The standard InChI is InChI=1S/C7H6N2O3/c10-8-5-6-2-1-3-7(4-6)9(11)12/h1-5,10H/b8-5+. The van der Waals surface area contributed by atoms with Gasteiger partial charge in [-0.1, -0.05) is 17.3 Å². The monoisotopic (exact) mass is 166 g/mol. The Hall–Kier alpha value is -1.91. The molecule has 0 saturated carbocycles. The molecule has 0 aromatic heterocycles. The van der Waals surface area contributed by atoms with Crippen LogP contribution in [0.3, 0.4) is 0 Å². The van der Waals surface area contributed by atoms with E-state index in [1.165, 1.54) is 18.2 Å². The van der Waals surface area contributed by atoms with E-state index in [4.69, 9.17) is 5.21 Å². The van der Waals surface area contributed by atoms with Crippen LogP contribution in [-0.2, 0) is 0 Å². The molecule has 0 atom stereocenters. The van der Waals surface area contributed by atoms with Gasteiger partial charge in [-0.15, -0.1) is 0 Å². The minimum Gasteiger partial charge on any atom is -0.411 e. The molecule has 5 heteroatoms. The van der Waals surface area contributed by atoms with Gasteiger partial charge in [0.25, 0.3) is 5.69 Å². The summed E-state index contributed by atoms with van der Waals surface area (Å²) in [5.74, 6) is 0. The Balaban J connectivity index is 3.03. The topological polar surface area (TPSA) is 75.7 Å². The number of benzene rings is 1. The van der Waals surface area contributed by atoms with Crippen molar-refractivity contribution in [1.29, 1.82) is 0 Å². The molecule has 0 saturated heterocycles. The Morgan fingerprint density at radius 1 is 1.58 bits per heavy atom. The highest BCUT2D eigenvalue weighted by atomic mass is 16.6. The third kappa shape index (κ3) is 1.79. The van der Waals surface area contributed by atoms with Crippen LogP contribution in [0.4, 0.5) is 5.69 Å². The maximum absolute atomic E-state index is 10.3. The highest BCUT2D eigenvalue weighted by molar-refractivity contribution is 5.80. The summed E-state index contributed by atoms with van der Waals surface area (Å²) in [5, 5.41) is 21.2. The summed E-state index contributed by atoms with van der Waals surface area (Å²) in [5.41, 5.74) is 0.471. The third-order valence-corrected chi connectivity index (χ3v) is 1.29. The molecule has 0 spiro atoms. The molecule has 0 radical (unpaired) electrons. The predicted molar refractivity (Wildman–Crippen MR) is 42.5 cm³/mol. The molecule has 0 aliphatic rings. The van der Waals surface area contributed by atoms with E-state index < -0.39 is 4.92 Å². The molecule has 1 N–H and O–H groups in total. The Morgan fingerprint density at radius 3 is 2.92 bits per heavy atom. The third-order valence-electron chi connectivity index (χ3n) is 1.29. The van der Waals surface area contributed by atoms with Crippen LogP contribution in [0, 0.1) is 10.1 Å². The number of nitro groups is 1. The van der Waals surface area contributed by atoms with E-state index in [9.17, 15) is 10.1 Å². The number of rotatable bonds is 2. The first-order chi connectivity index (χ1) is 5.74. The van der Waals surface area contributed by atoms with Crippen molar-refractivity contribution in [2.75, 3.05) is 0 Å². The van der Waals surface area contributed by atoms with Crippen LogP contribution in [0.2, 0.25) is 0 Å². The van der Waals surface area contributed by atoms with Gasteiger partial charge in [0, 0.05) is 17.7 Å². The molecule has 0 unspecified atom stereocenters. The van der Waals surface area contributed by atoms with E-state index in [1.54, 1.807) is 6.07 Å². The van der Waals surface area contributed by atoms with Crippen LogP contribution in [0.25, 0.3) is 0 Å². The fourth-order valence-electron chi connectivity index (χ4n) is 0.785. The molecule has 5 nitrogen and oxygen atoms in total. The van der Waals surface area contributed by atoms with Crippen molar-refractivity contribution in [3.8, 4) is 0 Å². The summed E-state index contributed by atoms with van der Waals surface area (Å²) >= 11 is 0. The number of nitrogens with zero attached hydrogens (tertiary/aromatic N) is 2. The van der Waals surface area contributed by atoms with Crippen molar-refractivity contribution in [2.24, 2.45) is 5.16 Å². The summed E-state index contributed by atoms with van der Waals surface area (Å²) in [7, 11) is 0. The summed E-state index contributed by atoms with van der Waals surface area (Å²) in [6.45, 7) is 0. The molecule has 0 bridgehead atoms. The second-order valence-corrected chi connectivity index (χ2v) is 2.10. The van der Waals surface area contributed by atoms with Crippen molar-refractivity contribution < 1.29 is 10.1 Å². The first kappa shape index (κ1) is 8.19. The average molecular weight is 166 g/mol. The molecule has 0 heterocycles. The molecule has 12 heavy (non-hydrogen) atoms. The van der Waals surface area contributed by atoms with Crippen molar-refractivity contribution in [3.05, 3.63) is 39.9 Å². The van der Waals surface area contributed by atoms with E-state index in [1.807, 2.05) is 0 Å². The molecule has 0 aliphatic heterocycles. The van der Waals surface area contributed by atoms with Crippen molar-refractivity contribution >= 4 is 11.9 Å². The molecular weight excluding hydrogens is 160 g/mol. The maximum atomic E-state index is 10.3. The van der Waals surface area contributed by atoms with Crippen LogP contribution < -0.4 is 0 Å². The summed E-state index contributed by atoms with van der Waals surface area (Å²) < 4.78 is 0. The second kappa shape index (κ2) is 3.47. The number of non-ortho nitro benzene ring substituents is 1. The summed E-state index contributed by atoms with van der Waals surface area (Å²) in [4.78, 5) is 9.75. The lowest BCUT2D eigenvalue weighted by molar-refractivity contribution is -0.384. The fraction of sp³-hybridized carbons (Fsp3) is 0. The summed E-state index contributed by atoms with van der Waals surface area (Å²) in [6.07, 6.45) is 1.13. The van der Waals surface area contributed by atoms with Gasteiger partial charge in [0.15, 0.2) is 0 Å². The first-order valence-corrected chi connectivity index (χ1v) is 3.16. The quantitative estimate of drug-likeness (QED) is 0.312. The van der Waals surface area contributed by atoms with Gasteiger partial charge in [-0.25, -0.2) is 0 Å². The molecule has 1 aromatic rings. The number of hydrogen-bond acceptors (Lipinski definition) is 4. The van der Waals surface area contributed by atoms with Crippen molar-refractivity contribution in [3.63, 3.8) is 0 Å². The zero-order valence-corrected chi connectivity index (χ0v) is 6.04. The number of hydrogen-bond donors (Lipinski definition) is 1. The molecule has 1 aromatic carbocycles. The minimum absolute atomic E-state index is 0.0209. The van der Waals surface area contributed by atoms with Crippen LogP contribution in [0.1, 0.15) is 5.56 Å². The van der Waals surface area contributed by atoms with Gasteiger partial charge in [-0.05, 0) is 0 Å². The predicted octanol–water partition coefficient (Wildman–Crippen LogP) is 1.40. The van der Waals surface area contributed by atoms with Crippen LogP contribution in [0.15, 0.2) is 29.4 Å². The van der Waals surface area contributed by atoms with E-state index >= 15 is 0 Å². The molecule has 0 aliphatic carbocycles. The Bertz CT molecular complexity index is 322. The Morgan fingerprint density at radius 2 is 2.33 bits per heavy atom. The second-order valence-electron chi connectivity index (χ2n) is 2.10. The van der Waals surface area contributed by atoms with E-state index in [-0.39, 0.29) is 5.69 Å². The Kier molecular flexibility index (Phi) is 2.37. The maximum Gasteiger partial charge on any atom is 0.270 e. The van der Waals surface area contributed by atoms with Crippen LogP contribution in [0.5, 0.6) is 0 Å². The number of nitro benzene ring substituents is 1.